The van der Waals surface area contributed by atoms with Crippen LogP contribution in [0.15, 0.2) is 27.5 Å². The topological polar surface area (TPSA) is 84.7 Å². The van der Waals surface area contributed by atoms with Gasteiger partial charge in [0.15, 0.2) is 0 Å². The highest BCUT2D eigenvalue weighted by molar-refractivity contribution is 9.10. The van der Waals surface area contributed by atoms with E-state index in [0.717, 1.165) is 15.6 Å². The number of aryl methyl sites for hydroxylation is 1. The zero-order valence-electron chi connectivity index (χ0n) is 8.49. The van der Waals surface area contributed by atoms with Gasteiger partial charge in [-0.05, 0) is 19.1 Å². The van der Waals surface area contributed by atoms with Crippen LogP contribution in [0, 0.1) is 6.92 Å². The number of nitrogen functional groups attached to an aromatic ring is 1. The first kappa shape index (κ1) is 10.8. The van der Waals surface area contributed by atoms with Crippen molar-refractivity contribution in [2.75, 3.05) is 5.73 Å². The van der Waals surface area contributed by atoms with Gasteiger partial charge < -0.3 is 5.73 Å². The molecule has 0 saturated heterocycles. The molecule has 5 nitrogen and oxygen atoms in total. The molecule has 0 aliphatic rings. The Bertz CT molecular complexity index is 594. The first-order valence-electron chi connectivity index (χ1n) is 4.56. The van der Waals surface area contributed by atoms with Crippen molar-refractivity contribution in [3.63, 3.8) is 0 Å². The quantitative estimate of drug-likeness (QED) is 0.829. The summed E-state index contributed by atoms with van der Waals surface area (Å²) in [4.78, 5) is 21.2. The first-order valence-corrected chi connectivity index (χ1v) is 5.36. The van der Waals surface area contributed by atoms with Crippen molar-refractivity contribution < 1.29 is 0 Å². The van der Waals surface area contributed by atoms with Crippen molar-refractivity contribution in [1.82, 2.24) is 15.0 Å². The van der Waals surface area contributed by atoms with E-state index in [1.807, 2.05) is 25.1 Å². The Kier molecular flexibility index (Phi) is 2.74. The second-order valence-corrected chi connectivity index (χ2v) is 4.20. The molecule has 3 N–H and O–H groups in total. The normalized spacial score (nSPS) is 10.4. The highest BCUT2D eigenvalue weighted by Crippen LogP contribution is 2.25. The molecule has 0 aliphatic carbocycles. The van der Waals surface area contributed by atoms with Gasteiger partial charge in [0.1, 0.15) is 5.82 Å². The average molecular weight is 281 g/mol. The van der Waals surface area contributed by atoms with Crippen LogP contribution in [-0.4, -0.2) is 15.0 Å². The zero-order chi connectivity index (χ0) is 11.7. The van der Waals surface area contributed by atoms with Crippen molar-refractivity contribution >= 4 is 21.9 Å². The van der Waals surface area contributed by atoms with Crippen molar-refractivity contribution in [3.05, 3.63) is 38.7 Å². The van der Waals surface area contributed by atoms with Gasteiger partial charge in [0.25, 0.3) is 0 Å². The van der Waals surface area contributed by atoms with Crippen LogP contribution in [0.4, 0.5) is 5.95 Å². The highest BCUT2D eigenvalue weighted by atomic mass is 79.9. The summed E-state index contributed by atoms with van der Waals surface area (Å²) in [6.45, 7) is 1.96. The Balaban J connectivity index is 2.66. The minimum absolute atomic E-state index is 0.0350. The number of nitrogens with two attached hydrogens (primary N) is 1. The van der Waals surface area contributed by atoms with Crippen LogP contribution in [-0.2, 0) is 0 Å². The van der Waals surface area contributed by atoms with Crippen molar-refractivity contribution in [2.45, 2.75) is 6.92 Å². The molecule has 0 radical (unpaired) electrons. The van der Waals surface area contributed by atoms with Gasteiger partial charge in [-0.1, -0.05) is 27.6 Å². The predicted octanol–water partition coefficient (Wildman–Crippen LogP) is 1.49. The molecular formula is C10H9BrN4O. The Labute approximate surface area is 99.9 Å². The third kappa shape index (κ3) is 2.11. The Morgan fingerprint density at radius 2 is 2.12 bits per heavy atom. The molecule has 0 aliphatic heterocycles. The average Bonchev–Trinajstić information content (AvgIpc) is 2.20. The summed E-state index contributed by atoms with van der Waals surface area (Å²) in [6, 6.07) is 5.75. The maximum absolute atomic E-state index is 11.2. The van der Waals surface area contributed by atoms with E-state index in [1.54, 1.807) is 0 Å². The van der Waals surface area contributed by atoms with Gasteiger partial charge in [0, 0.05) is 10.0 Å². The van der Waals surface area contributed by atoms with Gasteiger partial charge in [-0.15, -0.1) is 0 Å². The molecule has 0 unspecified atom stereocenters. The largest absolute Gasteiger partial charge is 0.368 e. The number of hydrogen-bond acceptors (Lipinski definition) is 4. The van der Waals surface area contributed by atoms with E-state index in [4.69, 9.17) is 5.73 Å². The van der Waals surface area contributed by atoms with Crippen LogP contribution in [0.1, 0.15) is 5.56 Å². The maximum atomic E-state index is 11.2. The van der Waals surface area contributed by atoms with E-state index in [0.29, 0.717) is 5.82 Å². The molecule has 0 bridgehead atoms. The molecule has 6 heteroatoms. The number of halogens is 1. The standard InChI is InChI=1S/C10H9BrN4O/c1-5-2-3-7(11)6(4-5)8-13-9(12)15-10(16)14-8/h2-4H,1H3,(H3,12,13,14,15,16). The fourth-order valence-electron chi connectivity index (χ4n) is 1.35. The summed E-state index contributed by atoms with van der Waals surface area (Å²) in [5, 5.41) is 0. The monoisotopic (exact) mass is 280 g/mol. The van der Waals surface area contributed by atoms with Gasteiger partial charge in [0.05, 0.1) is 0 Å². The lowest BCUT2D eigenvalue weighted by Crippen LogP contribution is -2.15. The Morgan fingerprint density at radius 1 is 1.38 bits per heavy atom. The fourth-order valence-corrected chi connectivity index (χ4v) is 1.78. The minimum Gasteiger partial charge on any atom is -0.368 e. The van der Waals surface area contributed by atoms with Crippen LogP contribution in [0.5, 0.6) is 0 Å². The van der Waals surface area contributed by atoms with E-state index >= 15 is 0 Å². The predicted molar refractivity (Wildman–Crippen MR) is 64.9 cm³/mol. The molecule has 2 rings (SSSR count). The van der Waals surface area contributed by atoms with E-state index in [2.05, 4.69) is 30.9 Å². The minimum atomic E-state index is -0.504. The number of aromatic amines is 1. The first-order chi connectivity index (χ1) is 7.56. The number of rotatable bonds is 1. The van der Waals surface area contributed by atoms with Crippen LogP contribution in [0.25, 0.3) is 11.4 Å². The Morgan fingerprint density at radius 3 is 2.81 bits per heavy atom. The third-order valence-electron chi connectivity index (χ3n) is 2.04. The summed E-state index contributed by atoms with van der Waals surface area (Å²) in [5.41, 5.74) is 6.77. The molecule has 0 fully saturated rings. The highest BCUT2D eigenvalue weighted by Gasteiger charge is 2.07. The fraction of sp³-hybridized carbons (Fsp3) is 0.100. The molecular weight excluding hydrogens is 272 g/mol. The SMILES string of the molecule is Cc1ccc(Br)c(-c2nc(N)nc(=O)[nH]2)c1. The Hall–Kier alpha value is -1.69. The molecule has 82 valence electrons. The summed E-state index contributed by atoms with van der Waals surface area (Å²) in [5.74, 6) is 0.375. The van der Waals surface area contributed by atoms with Gasteiger partial charge >= 0.3 is 5.69 Å². The van der Waals surface area contributed by atoms with E-state index in [9.17, 15) is 4.79 Å². The van der Waals surface area contributed by atoms with Crippen molar-refractivity contribution in [1.29, 1.82) is 0 Å². The summed E-state index contributed by atoms with van der Waals surface area (Å²) < 4.78 is 0.840. The molecule has 0 atom stereocenters. The molecule has 0 saturated carbocycles. The van der Waals surface area contributed by atoms with Gasteiger partial charge in [-0.25, -0.2) is 4.79 Å². The van der Waals surface area contributed by atoms with Gasteiger partial charge in [0.2, 0.25) is 5.95 Å². The number of nitrogens with zero attached hydrogens (tertiary/aromatic N) is 2. The van der Waals surface area contributed by atoms with E-state index < -0.39 is 5.69 Å². The number of H-pyrrole nitrogens is 1. The van der Waals surface area contributed by atoms with Crippen LogP contribution < -0.4 is 11.4 Å². The lowest BCUT2D eigenvalue weighted by atomic mass is 10.1. The summed E-state index contributed by atoms with van der Waals surface area (Å²) >= 11 is 3.39. The summed E-state index contributed by atoms with van der Waals surface area (Å²) in [7, 11) is 0. The van der Waals surface area contributed by atoms with E-state index in [1.165, 1.54) is 0 Å². The third-order valence-corrected chi connectivity index (χ3v) is 2.74. The molecule has 0 amide bonds. The van der Waals surface area contributed by atoms with Crippen LogP contribution in [0.3, 0.4) is 0 Å². The number of anilines is 1. The lowest BCUT2D eigenvalue weighted by molar-refractivity contribution is 1.01. The lowest BCUT2D eigenvalue weighted by Gasteiger charge is -2.04. The number of aromatic nitrogens is 3. The molecule has 1 heterocycles. The second kappa shape index (κ2) is 4.05. The maximum Gasteiger partial charge on any atom is 0.349 e. The smallest absolute Gasteiger partial charge is 0.349 e. The number of benzene rings is 1. The number of nitrogens with one attached hydrogen (secondary N) is 1. The molecule has 16 heavy (non-hydrogen) atoms. The van der Waals surface area contributed by atoms with Crippen molar-refractivity contribution in [3.8, 4) is 11.4 Å². The van der Waals surface area contributed by atoms with E-state index in [-0.39, 0.29) is 5.95 Å². The summed E-state index contributed by atoms with van der Waals surface area (Å²) in [6.07, 6.45) is 0. The van der Waals surface area contributed by atoms with Crippen LogP contribution >= 0.6 is 15.9 Å². The molecule has 1 aromatic heterocycles. The van der Waals surface area contributed by atoms with Crippen LogP contribution in [0.2, 0.25) is 0 Å². The molecule has 2 aromatic rings. The zero-order valence-corrected chi connectivity index (χ0v) is 10.1. The second-order valence-electron chi connectivity index (χ2n) is 3.34. The van der Waals surface area contributed by atoms with Crippen molar-refractivity contribution in [2.24, 2.45) is 0 Å². The van der Waals surface area contributed by atoms with Gasteiger partial charge in [-0.3, -0.25) is 4.98 Å². The number of hydrogen-bond donors (Lipinski definition) is 2. The molecule has 1 aromatic carbocycles. The molecule has 0 spiro atoms. The van der Waals surface area contributed by atoms with Gasteiger partial charge in [-0.2, -0.15) is 9.97 Å².